The van der Waals surface area contributed by atoms with E-state index in [-0.39, 0.29) is 26.2 Å². The molecule has 31 heavy (non-hydrogen) atoms. The van der Waals surface area contributed by atoms with Crippen LogP contribution in [0, 0.1) is 20.8 Å². The van der Waals surface area contributed by atoms with Crippen molar-refractivity contribution in [2.24, 2.45) is 0 Å². The number of hydrogen-bond acceptors (Lipinski definition) is 0. The largest absolute Gasteiger partial charge is 4.00 e. The van der Waals surface area contributed by atoms with Gasteiger partial charge < -0.3 is 6.92 Å². The van der Waals surface area contributed by atoms with E-state index in [2.05, 4.69) is 99.2 Å². The van der Waals surface area contributed by atoms with Crippen LogP contribution in [0.4, 0.5) is 0 Å². The molecule has 0 saturated carbocycles. The van der Waals surface area contributed by atoms with Crippen LogP contribution in [0.15, 0.2) is 103 Å². The van der Waals surface area contributed by atoms with Gasteiger partial charge in [-0.2, -0.15) is 42.4 Å². The van der Waals surface area contributed by atoms with E-state index in [0.717, 1.165) is 0 Å². The second kappa shape index (κ2) is 14.8. The van der Waals surface area contributed by atoms with Gasteiger partial charge in [0.2, 0.25) is 0 Å². The minimum atomic E-state index is 0. The van der Waals surface area contributed by atoms with E-state index in [0.29, 0.717) is 0 Å². The number of benzene rings is 3. The molecule has 0 radical (unpaired) electrons. The van der Waals surface area contributed by atoms with Crippen molar-refractivity contribution in [2.45, 2.75) is 20.8 Å². The van der Waals surface area contributed by atoms with Gasteiger partial charge in [-0.15, -0.1) is 93.3 Å². The summed E-state index contributed by atoms with van der Waals surface area (Å²) in [6, 6.07) is 35.8. The molecule has 0 amide bonds. The van der Waals surface area contributed by atoms with Crippen molar-refractivity contribution >= 4 is 37.1 Å². The molecule has 0 saturated heterocycles. The van der Waals surface area contributed by atoms with Crippen molar-refractivity contribution in [3.8, 4) is 0 Å². The first-order chi connectivity index (χ1) is 14.7. The zero-order valence-electron chi connectivity index (χ0n) is 18.7. The molecule has 0 aliphatic carbocycles. The summed E-state index contributed by atoms with van der Waals surface area (Å²) in [5.41, 5.74) is 6.92. The van der Waals surface area contributed by atoms with Crippen molar-refractivity contribution in [3.63, 3.8) is 0 Å². The quantitative estimate of drug-likeness (QED) is 0.174. The second-order valence-corrected chi connectivity index (χ2v) is 7.22. The van der Waals surface area contributed by atoms with Gasteiger partial charge in [0.15, 0.2) is 0 Å². The Labute approximate surface area is 209 Å². The molecular weight excluding hydrogens is 468 g/mol. The standard InChI is InChI=1S/2C10H9.C7H7Si.C2H5.Zr/c2*1-8-6-9-4-2-3-5-10(9)7-8;8-6-7-4-2-1-3-5-7;1-2;/h2*2-7H,1H3;1-5H,8H2;1H2,2H3;/q4*-1;+4. The summed E-state index contributed by atoms with van der Waals surface area (Å²) in [6.45, 7) is 9.25. The molecule has 154 valence electrons. The van der Waals surface area contributed by atoms with E-state index in [1.54, 1.807) is 16.8 Å². The summed E-state index contributed by atoms with van der Waals surface area (Å²) >= 11 is 0. The van der Waals surface area contributed by atoms with Gasteiger partial charge in [-0.05, 0) is 0 Å². The van der Waals surface area contributed by atoms with Crippen LogP contribution in [0.1, 0.15) is 23.6 Å². The van der Waals surface area contributed by atoms with Crippen LogP contribution in [0.3, 0.4) is 0 Å². The Morgan fingerprint density at radius 1 is 0.645 bits per heavy atom. The topological polar surface area (TPSA) is 0 Å². The number of aryl methyl sites for hydroxylation is 2. The maximum absolute atomic E-state index is 3.25. The van der Waals surface area contributed by atoms with E-state index in [9.17, 15) is 0 Å². The molecule has 0 atom stereocenters. The van der Waals surface area contributed by atoms with Gasteiger partial charge in [0.25, 0.3) is 0 Å². The molecule has 2 heteroatoms. The van der Waals surface area contributed by atoms with Crippen LogP contribution in [0.5, 0.6) is 0 Å². The van der Waals surface area contributed by atoms with Crippen LogP contribution in [-0.4, -0.2) is 15.5 Å². The van der Waals surface area contributed by atoms with Crippen molar-refractivity contribution in [2.75, 3.05) is 0 Å². The Morgan fingerprint density at radius 3 is 1.39 bits per heavy atom. The zero-order valence-corrected chi connectivity index (χ0v) is 22.6. The summed E-state index contributed by atoms with van der Waals surface area (Å²) in [5.74, 6) is 0. The Balaban J connectivity index is 0.000000222. The molecule has 0 aliphatic heterocycles. The van der Waals surface area contributed by atoms with Gasteiger partial charge in [-0.3, -0.25) is 0 Å². The summed E-state index contributed by atoms with van der Waals surface area (Å²) in [5, 5.41) is 5.39. The van der Waals surface area contributed by atoms with E-state index in [1.807, 2.05) is 30.3 Å². The molecule has 0 nitrogen and oxygen atoms in total. The summed E-state index contributed by atoms with van der Waals surface area (Å²) in [6.07, 6.45) is 0. The molecule has 5 aromatic rings. The first-order valence-electron chi connectivity index (χ1n) is 10.2. The van der Waals surface area contributed by atoms with E-state index >= 15 is 0 Å². The van der Waals surface area contributed by atoms with Crippen LogP contribution < -0.4 is 0 Å². The van der Waals surface area contributed by atoms with Gasteiger partial charge in [0.05, 0.1) is 0 Å². The summed E-state index contributed by atoms with van der Waals surface area (Å²) in [4.78, 5) is 0. The maximum Gasteiger partial charge on any atom is 4.00 e. The second-order valence-electron chi connectivity index (χ2n) is 6.87. The Hall–Kier alpha value is -2.15. The molecule has 0 heterocycles. The summed E-state index contributed by atoms with van der Waals surface area (Å²) < 4.78 is 0. The van der Waals surface area contributed by atoms with Gasteiger partial charge in [0.1, 0.15) is 0 Å². The molecule has 0 unspecified atom stereocenters. The van der Waals surface area contributed by atoms with Gasteiger partial charge in [-0.25, -0.2) is 0 Å². The number of rotatable bonds is 1. The van der Waals surface area contributed by atoms with E-state index in [1.165, 1.54) is 38.2 Å². The summed E-state index contributed by atoms with van der Waals surface area (Å²) in [7, 11) is 1.73. The predicted molar refractivity (Wildman–Crippen MR) is 139 cm³/mol. The van der Waals surface area contributed by atoms with E-state index < -0.39 is 0 Å². The average Bonchev–Trinajstić information content (AvgIpc) is 3.37. The Morgan fingerprint density at radius 2 is 1.03 bits per heavy atom. The third-order valence-electron chi connectivity index (χ3n) is 4.50. The maximum atomic E-state index is 3.25. The third kappa shape index (κ3) is 8.85. The van der Waals surface area contributed by atoms with Gasteiger partial charge in [-0.1, -0.05) is 41.9 Å². The number of hydrogen-bond donors (Lipinski definition) is 0. The molecule has 0 N–H and O–H groups in total. The molecule has 0 aliphatic rings. The minimum Gasteiger partial charge on any atom is -0.346 e. The monoisotopic (exact) mass is 496 g/mol. The molecule has 5 aromatic carbocycles. The van der Waals surface area contributed by atoms with Gasteiger partial charge in [0, 0.05) is 0 Å². The molecule has 0 spiro atoms. The first kappa shape index (κ1) is 26.9. The Kier molecular flexibility index (Phi) is 12.8. The molecule has 0 aromatic heterocycles. The Bertz CT molecular complexity index is 1010. The zero-order chi connectivity index (χ0) is 21.8. The SMILES string of the molecule is Cc1cc2ccccc2[cH-]1.Cc1cc2ccccc2[cH-]1.[CH2-]C.[SiH2]=[C-]c1ccccc1.[Zr+4]. The smallest absolute Gasteiger partial charge is 0.346 e. The van der Waals surface area contributed by atoms with Crippen LogP contribution >= 0.6 is 0 Å². The van der Waals surface area contributed by atoms with Crippen molar-refractivity contribution in [1.82, 2.24) is 0 Å². The molecule has 0 bridgehead atoms. The first-order valence-corrected chi connectivity index (χ1v) is 10.9. The molecular formula is C29H30SiZr. The van der Waals surface area contributed by atoms with Crippen LogP contribution in [0.2, 0.25) is 0 Å². The predicted octanol–water partition coefficient (Wildman–Crippen LogP) is 6.92. The third-order valence-corrected chi connectivity index (χ3v) is 4.91. The minimum absolute atomic E-state index is 0. The van der Waals surface area contributed by atoms with Crippen molar-refractivity contribution in [3.05, 3.63) is 127 Å². The fourth-order valence-corrected chi connectivity index (χ4v) is 3.40. The van der Waals surface area contributed by atoms with E-state index in [4.69, 9.17) is 0 Å². The van der Waals surface area contributed by atoms with Crippen LogP contribution in [-0.2, 0) is 26.2 Å². The van der Waals surface area contributed by atoms with Crippen molar-refractivity contribution < 1.29 is 26.2 Å². The number of fused-ring (bicyclic) bond motifs is 2. The normalized spacial score (nSPS) is 9.16. The van der Waals surface area contributed by atoms with Crippen LogP contribution in [0.25, 0.3) is 21.5 Å². The molecule has 0 fully saturated rings. The molecule has 5 rings (SSSR count). The van der Waals surface area contributed by atoms with Crippen molar-refractivity contribution in [1.29, 1.82) is 0 Å². The van der Waals surface area contributed by atoms with Gasteiger partial charge >= 0.3 is 26.2 Å². The fraction of sp³-hybridized carbons (Fsp3) is 0.103. The fourth-order valence-electron chi connectivity index (χ4n) is 3.17. The average molecular weight is 498 g/mol.